The van der Waals surface area contributed by atoms with Crippen LogP contribution in [-0.4, -0.2) is 54.0 Å². The predicted octanol–water partition coefficient (Wildman–Crippen LogP) is 3.04. The Morgan fingerprint density at radius 2 is 2.00 bits per heavy atom. The molecule has 1 aliphatic heterocycles. The van der Waals surface area contributed by atoms with Crippen molar-refractivity contribution in [1.29, 1.82) is 0 Å². The van der Waals surface area contributed by atoms with Crippen LogP contribution in [0.1, 0.15) is 23.0 Å². The molecule has 1 aromatic carbocycles. The zero-order chi connectivity index (χ0) is 17.3. The van der Waals surface area contributed by atoms with E-state index < -0.39 is 11.7 Å². The molecule has 0 bridgehead atoms. The van der Waals surface area contributed by atoms with Gasteiger partial charge in [-0.15, -0.1) is 12.4 Å². The zero-order valence-corrected chi connectivity index (χ0v) is 16.0. The summed E-state index contributed by atoms with van der Waals surface area (Å²) < 4.78 is 16.5. The van der Waals surface area contributed by atoms with Crippen molar-refractivity contribution in [3.05, 3.63) is 21.9 Å². The Morgan fingerprint density at radius 1 is 1.32 bits per heavy atom. The van der Waals surface area contributed by atoms with Gasteiger partial charge in [0.05, 0.1) is 36.2 Å². The van der Waals surface area contributed by atoms with Crippen LogP contribution in [0.2, 0.25) is 0 Å². The summed E-state index contributed by atoms with van der Waals surface area (Å²) in [5.41, 5.74) is 0.460. The summed E-state index contributed by atoms with van der Waals surface area (Å²) in [7, 11) is 0. The lowest BCUT2D eigenvalue weighted by atomic mass is 10.1. The molecule has 2 heterocycles. The number of carbonyl (C=O) groups excluding carboxylic acids is 1. The van der Waals surface area contributed by atoms with Crippen molar-refractivity contribution >= 4 is 45.3 Å². The van der Waals surface area contributed by atoms with Crippen molar-refractivity contribution in [3.8, 4) is 11.5 Å². The maximum absolute atomic E-state index is 12.4. The summed E-state index contributed by atoms with van der Waals surface area (Å²) in [5.74, 6) is -0.930. The zero-order valence-electron chi connectivity index (χ0n) is 13.6. The average molecular weight is 437 g/mol. The summed E-state index contributed by atoms with van der Waals surface area (Å²) in [6.07, 6.45) is 0. The van der Waals surface area contributed by atoms with Gasteiger partial charge >= 0.3 is 5.97 Å². The van der Waals surface area contributed by atoms with E-state index in [1.165, 1.54) is 6.07 Å². The van der Waals surface area contributed by atoms with Gasteiger partial charge in [0, 0.05) is 13.1 Å². The van der Waals surface area contributed by atoms with E-state index in [0.717, 1.165) is 13.1 Å². The van der Waals surface area contributed by atoms with Gasteiger partial charge in [0.1, 0.15) is 16.9 Å². The van der Waals surface area contributed by atoms with E-state index in [1.54, 1.807) is 6.92 Å². The van der Waals surface area contributed by atoms with Gasteiger partial charge in [-0.05, 0) is 28.9 Å². The standard InChI is InChI=1S/C16H18BrNO6.ClH/c1-2-23-16(21)13-11(8-18-3-5-22-6-4-18)24-10-7-9(17)14(19)15(20)12(10)13;/h7,19-20H,2-6,8H2,1H3;1H. The van der Waals surface area contributed by atoms with E-state index >= 15 is 0 Å². The van der Waals surface area contributed by atoms with Crippen LogP contribution in [0.4, 0.5) is 0 Å². The van der Waals surface area contributed by atoms with Crippen LogP contribution in [0.3, 0.4) is 0 Å². The van der Waals surface area contributed by atoms with Crippen LogP contribution in [0.5, 0.6) is 11.5 Å². The van der Waals surface area contributed by atoms with E-state index in [9.17, 15) is 15.0 Å². The van der Waals surface area contributed by atoms with Crippen LogP contribution in [-0.2, 0) is 16.0 Å². The van der Waals surface area contributed by atoms with Crippen LogP contribution in [0, 0.1) is 0 Å². The number of ether oxygens (including phenoxy) is 2. The van der Waals surface area contributed by atoms with Gasteiger partial charge in [-0.3, -0.25) is 4.90 Å². The number of morpholine rings is 1. The molecule has 2 N–H and O–H groups in total. The molecule has 0 unspecified atom stereocenters. The monoisotopic (exact) mass is 435 g/mol. The topological polar surface area (TPSA) is 92.4 Å². The van der Waals surface area contributed by atoms with Crippen molar-refractivity contribution in [2.24, 2.45) is 0 Å². The molecule has 1 aromatic heterocycles. The number of carbonyl (C=O) groups is 1. The maximum atomic E-state index is 12.4. The molecule has 0 atom stereocenters. The fourth-order valence-electron chi connectivity index (χ4n) is 2.74. The Kier molecular flexibility index (Phi) is 6.56. The number of aromatic hydroxyl groups is 2. The fraction of sp³-hybridized carbons (Fsp3) is 0.438. The number of furan rings is 1. The van der Waals surface area contributed by atoms with Crippen LogP contribution < -0.4 is 0 Å². The molecular formula is C16H19BrClNO6. The SMILES string of the molecule is CCOC(=O)c1c(CN2CCOCC2)oc2cc(Br)c(O)c(O)c12.Cl. The van der Waals surface area contributed by atoms with Gasteiger partial charge in [-0.1, -0.05) is 0 Å². The highest BCUT2D eigenvalue weighted by Crippen LogP contribution is 2.44. The van der Waals surface area contributed by atoms with E-state index in [4.69, 9.17) is 13.9 Å². The van der Waals surface area contributed by atoms with E-state index in [2.05, 4.69) is 20.8 Å². The number of phenolic OH excluding ortho intramolecular Hbond substituents is 2. The molecule has 1 aliphatic rings. The minimum atomic E-state index is -0.587. The molecule has 1 fully saturated rings. The fourth-order valence-corrected chi connectivity index (χ4v) is 3.14. The van der Waals surface area contributed by atoms with Gasteiger partial charge in [0.2, 0.25) is 0 Å². The molecule has 0 spiro atoms. The Morgan fingerprint density at radius 3 is 2.64 bits per heavy atom. The Hall–Kier alpha value is -1.48. The highest BCUT2D eigenvalue weighted by Gasteiger charge is 2.28. The first kappa shape index (κ1) is 19.8. The molecule has 0 amide bonds. The lowest BCUT2D eigenvalue weighted by molar-refractivity contribution is 0.0309. The van der Waals surface area contributed by atoms with Gasteiger partial charge < -0.3 is 24.1 Å². The molecule has 0 radical (unpaired) electrons. The second-order valence-corrected chi connectivity index (χ2v) is 6.29. The average Bonchev–Trinajstić information content (AvgIpc) is 2.92. The number of esters is 1. The molecule has 25 heavy (non-hydrogen) atoms. The van der Waals surface area contributed by atoms with E-state index in [0.29, 0.717) is 31.1 Å². The Labute approximate surface area is 159 Å². The third kappa shape index (κ3) is 3.87. The molecular weight excluding hydrogens is 418 g/mol. The van der Waals surface area contributed by atoms with Crippen LogP contribution in [0.15, 0.2) is 15.0 Å². The smallest absolute Gasteiger partial charge is 0.342 e. The van der Waals surface area contributed by atoms with Crippen molar-refractivity contribution < 1.29 is 28.9 Å². The van der Waals surface area contributed by atoms with E-state index in [1.807, 2.05) is 0 Å². The summed E-state index contributed by atoms with van der Waals surface area (Å²) in [6.45, 7) is 4.98. The summed E-state index contributed by atoms with van der Waals surface area (Å²) >= 11 is 3.15. The summed E-state index contributed by atoms with van der Waals surface area (Å²) in [5, 5.41) is 20.4. The number of hydrogen-bond donors (Lipinski definition) is 2. The molecule has 0 aliphatic carbocycles. The first-order valence-electron chi connectivity index (χ1n) is 7.66. The molecule has 0 saturated carbocycles. The minimum absolute atomic E-state index is 0. The highest BCUT2D eigenvalue weighted by atomic mass is 79.9. The number of fused-ring (bicyclic) bond motifs is 1. The number of phenols is 2. The van der Waals surface area contributed by atoms with Crippen molar-refractivity contribution in [1.82, 2.24) is 4.90 Å². The molecule has 138 valence electrons. The van der Waals surface area contributed by atoms with Gasteiger partial charge in [0.25, 0.3) is 0 Å². The molecule has 1 saturated heterocycles. The maximum Gasteiger partial charge on any atom is 0.342 e. The molecule has 7 nitrogen and oxygen atoms in total. The van der Waals surface area contributed by atoms with Gasteiger partial charge in [0.15, 0.2) is 11.5 Å². The first-order valence-corrected chi connectivity index (χ1v) is 8.45. The number of rotatable bonds is 4. The molecule has 2 aromatic rings. The van der Waals surface area contributed by atoms with Crippen LogP contribution in [0.25, 0.3) is 11.0 Å². The largest absolute Gasteiger partial charge is 0.504 e. The van der Waals surface area contributed by atoms with Crippen molar-refractivity contribution in [2.45, 2.75) is 13.5 Å². The molecule has 9 heteroatoms. The third-order valence-corrected chi connectivity index (χ3v) is 4.51. The summed E-state index contributed by atoms with van der Waals surface area (Å²) in [4.78, 5) is 14.5. The number of hydrogen-bond acceptors (Lipinski definition) is 7. The quantitative estimate of drug-likeness (QED) is 0.562. The van der Waals surface area contributed by atoms with E-state index in [-0.39, 0.29) is 40.2 Å². The lowest BCUT2D eigenvalue weighted by Crippen LogP contribution is -2.35. The number of nitrogens with zero attached hydrogens (tertiary/aromatic N) is 1. The van der Waals surface area contributed by atoms with Crippen LogP contribution >= 0.6 is 28.3 Å². The molecule has 3 rings (SSSR count). The Bertz CT molecular complexity index is 772. The highest BCUT2D eigenvalue weighted by molar-refractivity contribution is 9.10. The third-order valence-electron chi connectivity index (χ3n) is 3.90. The van der Waals surface area contributed by atoms with Crippen molar-refractivity contribution in [3.63, 3.8) is 0 Å². The van der Waals surface area contributed by atoms with Gasteiger partial charge in [-0.2, -0.15) is 0 Å². The first-order chi connectivity index (χ1) is 11.5. The van der Waals surface area contributed by atoms with Crippen molar-refractivity contribution in [2.75, 3.05) is 32.9 Å². The Balaban J connectivity index is 0.00000225. The minimum Gasteiger partial charge on any atom is -0.504 e. The predicted molar refractivity (Wildman–Crippen MR) is 96.5 cm³/mol. The summed E-state index contributed by atoms with van der Waals surface area (Å²) in [6, 6.07) is 1.52. The second kappa shape index (κ2) is 8.27. The lowest BCUT2D eigenvalue weighted by Gasteiger charge is -2.25. The second-order valence-electron chi connectivity index (χ2n) is 5.44. The number of halogens is 2. The number of benzene rings is 1. The van der Waals surface area contributed by atoms with Gasteiger partial charge in [-0.25, -0.2) is 4.79 Å². The normalized spacial score (nSPS) is 15.1.